The molecule has 96 valence electrons. The van der Waals surface area contributed by atoms with Crippen molar-refractivity contribution < 1.29 is 0 Å². The third-order valence-corrected chi connectivity index (χ3v) is 3.97. The van der Waals surface area contributed by atoms with Crippen molar-refractivity contribution in [1.29, 1.82) is 0 Å². The van der Waals surface area contributed by atoms with Crippen molar-refractivity contribution in [1.82, 2.24) is 5.32 Å². The van der Waals surface area contributed by atoms with Gasteiger partial charge < -0.3 is 5.32 Å². The van der Waals surface area contributed by atoms with E-state index in [4.69, 9.17) is 0 Å². The lowest BCUT2D eigenvalue weighted by molar-refractivity contribution is 0.438. The van der Waals surface area contributed by atoms with Crippen molar-refractivity contribution >= 4 is 0 Å². The van der Waals surface area contributed by atoms with Gasteiger partial charge in [-0.2, -0.15) is 0 Å². The van der Waals surface area contributed by atoms with Gasteiger partial charge in [-0.25, -0.2) is 0 Å². The van der Waals surface area contributed by atoms with Crippen LogP contribution in [0.5, 0.6) is 0 Å². The predicted octanol–water partition coefficient (Wildman–Crippen LogP) is 4.13. The second-order valence-electron chi connectivity index (χ2n) is 5.13. The molecule has 3 atom stereocenters. The lowest BCUT2D eigenvalue weighted by Gasteiger charge is -2.25. The van der Waals surface area contributed by atoms with Crippen molar-refractivity contribution in [2.24, 2.45) is 11.8 Å². The molecular weight excluding hydrogens is 218 g/mol. The summed E-state index contributed by atoms with van der Waals surface area (Å²) in [7, 11) is 0. The van der Waals surface area contributed by atoms with E-state index in [9.17, 15) is 0 Å². The first kappa shape index (κ1) is 12.9. The maximum Gasteiger partial charge on any atom is 0.0364 e. The van der Waals surface area contributed by atoms with E-state index < -0.39 is 0 Å². The lowest BCUT2D eigenvalue weighted by atomic mass is 9.78. The summed E-state index contributed by atoms with van der Waals surface area (Å²) in [5.74, 6) is 1.19. The number of nitrogens with one attached hydrogen (secondary N) is 1. The molecular formula is C17H23N. The van der Waals surface area contributed by atoms with Crippen LogP contribution < -0.4 is 5.32 Å². The molecule has 0 saturated heterocycles. The van der Waals surface area contributed by atoms with E-state index in [0.717, 1.165) is 25.7 Å². The first-order chi connectivity index (χ1) is 8.81. The molecule has 1 aliphatic heterocycles. The fraction of sp³-hybridized carbons (Fsp3) is 0.412. The zero-order chi connectivity index (χ0) is 13.0. The van der Waals surface area contributed by atoms with Crippen LogP contribution in [0, 0.1) is 11.8 Å². The van der Waals surface area contributed by atoms with Crippen LogP contribution in [-0.2, 0) is 0 Å². The van der Waals surface area contributed by atoms with Gasteiger partial charge in [0.1, 0.15) is 0 Å². The molecule has 0 aromatic heterocycles. The fourth-order valence-corrected chi connectivity index (χ4v) is 3.24. The van der Waals surface area contributed by atoms with Gasteiger partial charge in [0.15, 0.2) is 0 Å². The van der Waals surface area contributed by atoms with Crippen LogP contribution in [0.25, 0.3) is 0 Å². The zero-order valence-corrected chi connectivity index (χ0v) is 11.1. The average Bonchev–Trinajstić information content (AvgIpc) is 2.70. The van der Waals surface area contributed by atoms with Gasteiger partial charge in [0.2, 0.25) is 0 Å². The van der Waals surface area contributed by atoms with Crippen LogP contribution in [-0.4, -0.2) is 6.04 Å². The molecule has 0 aromatic carbocycles. The summed E-state index contributed by atoms with van der Waals surface area (Å²) < 4.78 is 0. The Morgan fingerprint density at radius 2 is 1.83 bits per heavy atom. The quantitative estimate of drug-likeness (QED) is 0.689. The number of rotatable bonds is 6. The van der Waals surface area contributed by atoms with E-state index in [1.165, 1.54) is 5.70 Å². The van der Waals surface area contributed by atoms with E-state index in [1.54, 1.807) is 5.57 Å². The van der Waals surface area contributed by atoms with Gasteiger partial charge in [0, 0.05) is 17.7 Å². The van der Waals surface area contributed by atoms with Crippen LogP contribution >= 0.6 is 0 Å². The Hall–Kier alpha value is -1.50. The normalized spacial score (nSPS) is 29.7. The number of hydrogen-bond donors (Lipinski definition) is 1. The van der Waals surface area contributed by atoms with E-state index in [2.05, 4.69) is 37.2 Å². The highest BCUT2D eigenvalue weighted by Crippen LogP contribution is 2.41. The summed E-state index contributed by atoms with van der Waals surface area (Å²) in [5.41, 5.74) is 2.93. The summed E-state index contributed by atoms with van der Waals surface area (Å²) in [6.07, 6.45) is 14.9. The van der Waals surface area contributed by atoms with Crippen LogP contribution in [0.15, 0.2) is 61.4 Å². The van der Waals surface area contributed by atoms with E-state index in [1.807, 2.05) is 18.2 Å². The standard InChI is InChI=1S/C17H23N/c1-4-8-13-11-7-12-16-17(13)14(9-5-2)15(18-16)10-6-3/h4-7,12-15,18H,1-3,8-11H2. The molecule has 0 fully saturated rings. The summed E-state index contributed by atoms with van der Waals surface area (Å²) in [4.78, 5) is 0. The first-order valence-electron chi connectivity index (χ1n) is 6.81. The molecule has 1 heteroatoms. The molecule has 0 spiro atoms. The molecule has 1 heterocycles. The monoisotopic (exact) mass is 241 g/mol. The molecule has 18 heavy (non-hydrogen) atoms. The van der Waals surface area contributed by atoms with E-state index in [0.29, 0.717) is 17.9 Å². The average molecular weight is 241 g/mol. The molecule has 1 aliphatic carbocycles. The highest BCUT2D eigenvalue weighted by molar-refractivity contribution is 5.38. The molecule has 1 nitrogen and oxygen atoms in total. The Morgan fingerprint density at radius 3 is 2.50 bits per heavy atom. The Morgan fingerprint density at radius 1 is 1.11 bits per heavy atom. The second kappa shape index (κ2) is 5.90. The molecule has 0 aromatic rings. The molecule has 0 saturated carbocycles. The predicted molar refractivity (Wildman–Crippen MR) is 79.1 cm³/mol. The van der Waals surface area contributed by atoms with Crippen LogP contribution in [0.1, 0.15) is 25.7 Å². The lowest BCUT2D eigenvalue weighted by Crippen LogP contribution is -2.28. The molecule has 2 aliphatic rings. The van der Waals surface area contributed by atoms with E-state index in [-0.39, 0.29) is 0 Å². The minimum absolute atomic E-state index is 0.487. The molecule has 1 N–H and O–H groups in total. The Bertz CT molecular complexity index is 398. The topological polar surface area (TPSA) is 12.0 Å². The SMILES string of the molecule is C=CCC1CC=CC2=C1C(CC=C)C(CC=C)N2. The van der Waals surface area contributed by atoms with Crippen LogP contribution in [0.3, 0.4) is 0 Å². The highest BCUT2D eigenvalue weighted by Gasteiger charge is 2.36. The van der Waals surface area contributed by atoms with Crippen molar-refractivity contribution in [2.75, 3.05) is 0 Å². The molecule has 3 unspecified atom stereocenters. The fourth-order valence-electron chi connectivity index (χ4n) is 3.24. The number of hydrogen-bond acceptors (Lipinski definition) is 1. The van der Waals surface area contributed by atoms with Gasteiger partial charge >= 0.3 is 0 Å². The summed E-state index contributed by atoms with van der Waals surface area (Å²) in [5, 5.41) is 3.66. The summed E-state index contributed by atoms with van der Waals surface area (Å²) >= 11 is 0. The minimum Gasteiger partial charge on any atom is -0.381 e. The van der Waals surface area contributed by atoms with Gasteiger partial charge in [-0.1, -0.05) is 24.3 Å². The number of allylic oxidation sites excluding steroid dienone is 4. The van der Waals surface area contributed by atoms with Gasteiger partial charge in [0.05, 0.1) is 0 Å². The van der Waals surface area contributed by atoms with Crippen molar-refractivity contribution in [3.05, 3.63) is 61.4 Å². The van der Waals surface area contributed by atoms with Crippen molar-refractivity contribution in [3.63, 3.8) is 0 Å². The zero-order valence-electron chi connectivity index (χ0n) is 11.1. The molecule has 0 bridgehead atoms. The first-order valence-corrected chi connectivity index (χ1v) is 6.81. The summed E-state index contributed by atoms with van der Waals surface area (Å²) in [6.45, 7) is 11.7. The maximum atomic E-state index is 3.91. The third-order valence-electron chi connectivity index (χ3n) is 3.97. The van der Waals surface area contributed by atoms with Gasteiger partial charge in [-0.05, 0) is 43.3 Å². The van der Waals surface area contributed by atoms with Gasteiger partial charge in [-0.3, -0.25) is 0 Å². The largest absolute Gasteiger partial charge is 0.381 e. The van der Waals surface area contributed by atoms with Gasteiger partial charge in [-0.15, -0.1) is 19.7 Å². The van der Waals surface area contributed by atoms with Gasteiger partial charge in [0.25, 0.3) is 0 Å². The van der Waals surface area contributed by atoms with E-state index >= 15 is 0 Å². The highest BCUT2D eigenvalue weighted by atomic mass is 15.0. The molecule has 2 rings (SSSR count). The van der Waals surface area contributed by atoms with Crippen LogP contribution in [0.4, 0.5) is 0 Å². The second-order valence-corrected chi connectivity index (χ2v) is 5.13. The smallest absolute Gasteiger partial charge is 0.0364 e. The Balaban J connectivity index is 2.26. The maximum absolute atomic E-state index is 3.91. The Kier molecular flexibility index (Phi) is 4.24. The van der Waals surface area contributed by atoms with Crippen molar-refractivity contribution in [2.45, 2.75) is 31.7 Å². The van der Waals surface area contributed by atoms with Crippen LogP contribution in [0.2, 0.25) is 0 Å². The Labute approximate surface area is 111 Å². The molecule has 0 radical (unpaired) electrons. The van der Waals surface area contributed by atoms with Crippen molar-refractivity contribution in [3.8, 4) is 0 Å². The minimum atomic E-state index is 0.487. The molecule has 0 amide bonds. The third kappa shape index (κ3) is 2.35. The summed E-state index contributed by atoms with van der Waals surface area (Å²) in [6, 6.07) is 0.487.